The number of hydrogen-bond acceptors (Lipinski definition) is 3. The fourth-order valence-corrected chi connectivity index (χ4v) is 1.94. The van der Waals surface area contributed by atoms with Gasteiger partial charge in [0.1, 0.15) is 5.75 Å². The molecule has 0 spiro atoms. The molecule has 0 unspecified atom stereocenters. The average molecular weight is 256 g/mol. The van der Waals surface area contributed by atoms with Gasteiger partial charge in [-0.05, 0) is 37.6 Å². The van der Waals surface area contributed by atoms with Gasteiger partial charge < -0.3 is 10.0 Å². The van der Waals surface area contributed by atoms with E-state index in [1.807, 2.05) is 38.1 Å². The zero-order chi connectivity index (χ0) is 13.8. The fourth-order valence-electron chi connectivity index (χ4n) is 1.94. The van der Waals surface area contributed by atoms with E-state index in [0.717, 1.165) is 11.3 Å². The van der Waals surface area contributed by atoms with Gasteiger partial charge in [0.05, 0.1) is 11.8 Å². The lowest BCUT2D eigenvalue weighted by molar-refractivity contribution is 0.0987. The average Bonchev–Trinajstić information content (AvgIpc) is 2.39. The van der Waals surface area contributed by atoms with Crippen LogP contribution in [0.2, 0.25) is 0 Å². The first kappa shape index (κ1) is 13.1. The second-order valence-corrected chi connectivity index (χ2v) is 4.32. The summed E-state index contributed by atoms with van der Waals surface area (Å²) >= 11 is 0. The summed E-state index contributed by atoms with van der Waals surface area (Å²) in [6.07, 6.45) is 2.76. The molecule has 0 aliphatic rings. The predicted molar refractivity (Wildman–Crippen MR) is 74.4 cm³/mol. The summed E-state index contributed by atoms with van der Waals surface area (Å²) in [5, 5.41) is 9.40. The van der Waals surface area contributed by atoms with Crippen LogP contribution in [0.1, 0.15) is 22.8 Å². The number of carbonyl (C=O) groups is 1. The molecule has 1 heterocycles. The standard InChI is InChI=1S/C15H16N2O2/c1-3-17(13-6-4-5-11(2)7-13)15(19)12-8-14(18)10-16-9-12/h4-10,18H,3H2,1-2H3. The molecule has 4 nitrogen and oxygen atoms in total. The van der Waals surface area contributed by atoms with E-state index in [1.54, 1.807) is 4.90 Å². The van der Waals surface area contributed by atoms with E-state index >= 15 is 0 Å². The number of pyridine rings is 1. The monoisotopic (exact) mass is 256 g/mol. The van der Waals surface area contributed by atoms with Gasteiger partial charge in [-0.15, -0.1) is 0 Å². The molecule has 0 saturated heterocycles. The Morgan fingerprint density at radius 1 is 1.32 bits per heavy atom. The van der Waals surface area contributed by atoms with E-state index < -0.39 is 0 Å². The van der Waals surface area contributed by atoms with E-state index in [2.05, 4.69) is 4.98 Å². The molecule has 2 aromatic rings. The van der Waals surface area contributed by atoms with Crippen molar-refractivity contribution < 1.29 is 9.90 Å². The number of rotatable bonds is 3. The molecule has 0 radical (unpaired) electrons. The number of aromatic hydroxyl groups is 1. The van der Waals surface area contributed by atoms with Crippen LogP contribution in [0.25, 0.3) is 0 Å². The number of aryl methyl sites for hydroxylation is 1. The van der Waals surface area contributed by atoms with E-state index in [9.17, 15) is 9.90 Å². The third-order valence-corrected chi connectivity index (χ3v) is 2.85. The normalized spacial score (nSPS) is 10.2. The molecule has 0 bridgehead atoms. The van der Waals surface area contributed by atoms with Crippen LogP contribution in [0.3, 0.4) is 0 Å². The predicted octanol–water partition coefficient (Wildman–Crippen LogP) is 2.76. The molecule has 0 fully saturated rings. The molecule has 98 valence electrons. The lowest BCUT2D eigenvalue weighted by Gasteiger charge is -2.21. The van der Waals surface area contributed by atoms with Crippen molar-refractivity contribution in [1.82, 2.24) is 4.98 Å². The number of amides is 1. The summed E-state index contributed by atoms with van der Waals surface area (Å²) in [5.74, 6) is -0.178. The van der Waals surface area contributed by atoms with Gasteiger partial charge in [-0.25, -0.2) is 0 Å². The van der Waals surface area contributed by atoms with Crippen molar-refractivity contribution >= 4 is 11.6 Å². The highest BCUT2D eigenvalue weighted by Gasteiger charge is 2.16. The molecule has 0 atom stereocenters. The minimum absolute atomic E-state index is 0.00820. The number of aromatic nitrogens is 1. The maximum absolute atomic E-state index is 12.4. The molecule has 1 aromatic carbocycles. The Morgan fingerprint density at radius 3 is 2.74 bits per heavy atom. The van der Waals surface area contributed by atoms with Gasteiger partial charge in [-0.1, -0.05) is 12.1 Å². The first-order chi connectivity index (χ1) is 9.11. The van der Waals surface area contributed by atoms with Crippen LogP contribution < -0.4 is 4.90 Å². The Bertz CT molecular complexity index is 596. The van der Waals surface area contributed by atoms with E-state index in [-0.39, 0.29) is 11.7 Å². The first-order valence-corrected chi connectivity index (χ1v) is 6.14. The number of anilines is 1. The summed E-state index contributed by atoms with van der Waals surface area (Å²) in [5.41, 5.74) is 2.32. The smallest absolute Gasteiger partial charge is 0.259 e. The zero-order valence-electron chi connectivity index (χ0n) is 11.0. The van der Waals surface area contributed by atoms with Gasteiger partial charge >= 0.3 is 0 Å². The van der Waals surface area contributed by atoms with Crippen LogP contribution in [0.5, 0.6) is 5.75 Å². The van der Waals surface area contributed by atoms with Gasteiger partial charge in [-0.2, -0.15) is 0 Å². The molecular weight excluding hydrogens is 240 g/mol. The summed E-state index contributed by atoms with van der Waals surface area (Å²) < 4.78 is 0. The Labute approximate surface area is 112 Å². The van der Waals surface area contributed by atoms with Crippen molar-refractivity contribution in [1.29, 1.82) is 0 Å². The minimum Gasteiger partial charge on any atom is -0.506 e. The molecule has 4 heteroatoms. The van der Waals surface area contributed by atoms with Crippen molar-refractivity contribution in [2.75, 3.05) is 11.4 Å². The molecule has 2 rings (SSSR count). The number of carbonyl (C=O) groups excluding carboxylic acids is 1. The first-order valence-electron chi connectivity index (χ1n) is 6.14. The quantitative estimate of drug-likeness (QED) is 0.918. The minimum atomic E-state index is -0.170. The highest BCUT2D eigenvalue weighted by molar-refractivity contribution is 6.06. The van der Waals surface area contributed by atoms with E-state index in [4.69, 9.17) is 0 Å². The Balaban J connectivity index is 2.34. The maximum atomic E-state index is 12.4. The fraction of sp³-hybridized carbons (Fsp3) is 0.200. The van der Waals surface area contributed by atoms with Crippen LogP contribution in [-0.2, 0) is 0 Å². The van der Waals surface area contributed by atoms with E-state index in [0.29, 0.717) is 12.1 Å². The zero-order valence-corrected chi connectivity index (χ0v) is 11.0. The van der Waals surface area contributed by atoms with Gasteiger partial charge in [0.2, 0.25) is 0 Å². The van der Waals surface area contributed by atoms with Crippen LogP contribution in [0.4, 0.5) is 5.69 Å². The summed E-state index contributed by atoms with van der Waals surface area (Å²) in [4.78, 5) is 17.9. The van der Waals surface area contributed by atoms with Crippen molar-refractivity contribution in [2.45, 2.75) is 13.8 Å². The maximum Gasteiger partial charge on any atom is 0.259 e. The van der Waals surface area contributed by atoms with Gasteiger partial charge in [0, 0.05) is 18.4 Å². The van der Waals surface area contributed by atoms with Crippen molar-refractivity contribution in [3.63, 3.8) is 0 Å². The van der Waals surface area contributed by atoms with Gasteiger partial charge in [-0.3, -0.25) is 9.78 Å². The lowest BCUT2D eigenvalue weighted by Crippen LogP contribution is -2.30. The molecule has 1 aromatic heterocycles. The van der Waals surface area contributed by atoms with Crippen LogP contribution >= 0.6 is 0 Å². The number of benzene rings is 1. The van der Waals surface area contributed by atoms with Crippen LogP contribution in [0.15, 0.2) is 42.7 Å². The van der Waals surface area contributed by atoms with Crippen molar-refractivity contribution in [3.05, 3.63) is 53.9 Å². The molecule has 0 aliphatic heterocycles. The summed E-state index contributed by atoms with van der Waals surface area (Å²) in [6.45, 7) is 4.45. The molecule has 1 N–H and O–H groups in total. The second kappa shape index (κ2) is 5.52. The van der Waals surface area contributed by atoms with Gasteiger partial charge in [0.25, 0.3) is 5.91 Å². The molecule has 0 aliphatic carbocycles. The molecule has 1 amide bonds. The third-order valence-electron chi connectivity index (χ3n) is 2.85. The van der Waals surface area contributed by atoms with Gasteiger partial charge in [0.15, 0.2) is 0 Å². The lowest BCUT2D eigenvalue weighted by atomic mass is 10.1. The Kier molecular flexibility index (Phi) is 3.80. The topological polar surface area (TPSA) is 53.4 Å². The van der Waals surface area contributed by atoms with Crippen LogP contribution in [0, 0.1) is 6.92 Å². The second-order valence-electron chi connectivity index (χ2n) is 4.32. The number of hydrogen-bond donors (Lipinski definition) is 1. The Hall–Kier alpha value is -2.36. The third kappa shape index (κ3) is 2.91. The van der Waals surface area contributed by atoms with Crippen LogP contribution in [-0.4, -0.2) is 22.5 Å². The molecule has 19 heavy (non-hydrogen) atoms. The summed E-state index contributed by atoms with van der Waals surface area (Å²) in [7, 11) is 0. The largest absolute Gasteiger partial charge is 0.506 e. The Morgan fingerprint density at radius 2 is 2.11 bits per heavy atom. The molecule has 0 saturated carbocycles. The van der Waals surface area contributed by atoms with Crippen molar-refractivity contribution in [3.8, 4) is 5.75 Å². The number of nitrogens with zero attached hydrogens (tertiary/aromatic N) is 2. The summed E-state index contributed by atoms with van der Waals surface area (Å²) in [6, 6.07) is 9.18. The van der Waals surface area contributed by atoms with E-state index in [1.165, 1.54) is 18.5 Å². The van der Waals surface area contributed by atoms with Crippen molar-refractivity contribution in [2.24, 2.45) is 0 Å². The molecular formula is C15H16N2O2. The SMILES string of the molecule is CCN(C(=O)c1cncc(O)c1)c1cccc(C)c1. The highest BCUT2D eigenvalue weighted by Crippen LogP contribution is 2.19. The highest BCUT2D eigenvalue weighted by atomic mass is 16.3.